The van der Waals surface area contributed by atoms with Gasteiger partial charge in [-0.3, -0.25) is 0 Å². The van der Waals surface area contributed by atoms with Gasteiger partial charge in [-0.1, -0.05) is 11.6 Å². The number of benzene rings is 1. The number of halogens is 2. The average molecular weight is 361 g/mol. The second-order valence-corrected chi connectivity index (χ2v) is 5.15. The molecule has 0 aliphatic carbocycles. The van der Waals surface area contributed by atoms with Crippen molar-refractivity contribution in [2.75, 3.05) is 11.1 Å². The van der Waals surface area contributed by atoms with Crippen molar-refractivity contribution in [2.45, 2.75) is 6.92 Å². The van der Waals surface area contributed by atoms with E-state index in [2.05, 4.69) is 37.9 Å². The zero-order valence-electron chi connectivity index (χ0n) is 9.04. The van der Waals surface area contributed by atoms with Gasteiger partial charge in [-0.15, -0.1) is 0 Å². The van der Waals surface area contributed by atoms with Gasteiger partial charge in [0.15, 0.2) is 0 Å². The van der Waals surface area contributed by atoms with Crippen LogP contribution in [0.2, 0.25) is 5.02 Å². The second kappa shape index (κ2) is 5.05. The van der Waals surface area contributed by atoms with Crippen LogP contribution in [0.5, 0.6) is 0 Å². The first-order valence-corrected chi connectivity index (χ1v) is 6.33. The van der Waals surface area contributed by atoms with Gasteiger partial charge in [-0.05, 0) is 47.7 Å². The third kappa shape index (κ3) is 3.19. The van der Waals surface area contributed by atoms with Crippen LogP contribution < -0.4 is 11.1 Å². The van der Waals surface area contributed by atoms with Gasteiger partial charge in [-0.2, -0.15) is 4.98 Å². The number of aromatic nitrogens is 2. The lowest BCUT2D eigenvalue weighted by Gasteiger charge is -2.09. The topological polar surface area (TPSA) is 63.8 Å². The van der Waals surface area contributed by atoms with Crippen LogP contribution in [0.4, 0.5) is 17.5 Å². The Morgan fingerprint density at radius 1 is 1.29 bits per heavy atom. The van der Waals surface area contributed by atoms with Crippen LogP contribution in [0.15, 0.2) is 24.3 Å². The zero-order valence-corrected chi connectivity index (χ0v) is 12.0. The van der Waals surface area contributed by atoms with E-state index in [1.807, 2.05) is 31.2 Å². The number of hydrogen-bond donors (Lipinski definition) is 2. The van der Waals surface area contributed by atoms with Gasteiger partial charge in [0.1, 0.15) is 5.82 Å². The predicted octanol–water partition coefficient (Wildman–Crippen LogP) is 3.37. The Balaban J connectivity index is 2.34. The quantitative estimate of drug-likeness (QED) is 0.806. The van der Waals surface area contributed by atoms with E-state index < -0.39 is 0 Å². The minimum atomic E-state index is 0.245. The number of hydrogen-bond acceptors (Lipinski definition) is 4. The molecule has 0 spiro atoms. The van der Waals surface area contributed by atoms with Crippen molar-refractivity contribution >= 4 is 51.6 Å². The normalized spacial score (nSPS) is 10.3. The van der Waals surface area contributed by atoms with Crippen molar-refractivity contribution in [3.05, 3.63) is 38.6 Å². The maximum absolute atomic E-state index is 6.09. The summed E-state index contributed by atoms with van der Waals surface area (Å²) in [6, 6.07) is 7.53. The van der Waals surface area contributed by atoms with Crippen LogP contribution in [0.25, 0.3) is 0 Å². The summed E-state index contributed by atoms with van der Waals surface area (Å²) >= 11 is 8.31. The molecule has 0 saturated heterocycles. The van der Waals surface area contributed by atoms with Crippen LogP contribution in [0, 0.1) is 10.5 Å². The molecule has 0 amide bonds. The molecule has 0 radical (unpaired) electrons. The molecular weight excluding hydrogens is 351 g/mol. The van der Waals surface area contributed by atoms with E-state index in [9.17, 15) is 0 Å². The Morgan fingerprint density at radius 2 is 2.06 bits per heavy atom. The van der Waals surface area contributed by atoms with Crippen LogP contribution in [-0.2, 0) is 0 Å². The van der Waals surface area contributed by atoms with Crippen molar-refractivity contribution in [1.82, 2.24) is 9.97 Å². The fourth-order valence-electron chi connectivity index (χ4n) is 1.39. The Kier molecular flexibility index (Phi) is 3.68. The molecule has 0 atom stereocenters. The van der Waals surface area contributed by atoms with E-state index in [0.717, 1.165) is 15.0 Å². The fourth-order valence-corrected chi connectivity index (χ4v) is 2.04. The van der Waals surface area contributed by atoms with Crippen LogP contribution in [0.3, 0.4) is 0 Å². The number of nitrogens with zero attached hydrogens (tertiary/aromatic N) is 2. The average Bonchev–Trinajstić information content (AvgIpc) is 2.22. The van der Waals surface area contributed by atoms with Crippen molar-refractivity contribution < 1.29 is 0 Å². The first-order valence-electron chi connectivity index (χ1n) is 4.88. The molecule has 6 heteroatoms. The van der Waals surface area contributed by atoms with Crippen molar-refractivity contribution in [3.8, 4) is 0 Å². The van der Waals surface area contributed by atoms with E-state index in [-0.39, 0.29) is 5.95 Å². The highest BCUT2D eigenvalue weighted by Crippen LogP contribution is 2.26. The van der Waals surface area contributed by atoms with Gasteiger partial charge < -0.3 is 11.1 Å². The third-order valence-corrected chi connectivity index (χ3v) is 3.06. The second-order valence-electron chi connectivity index (χ2n) is 3.50. The Hall–Kier alpha value is -1.08. The zero-order chi connectivity index (χ0) is 12.4. The highest BCUT2D eigenvalue weighted by molar-refractivity contribution is 14.1. The largest absolute Gasteiger partial charge is 0.368 e. The molecule has 0 fully saturated rings. The van der Waals surface area contributed by atoms with Crippen LogP contribution in [-0.4, -0.2) is 9.97 Å². The first-order chi connectivity index (χ1) is 8.04. The molecular formula is C11H10ClIN4. The molecule has 1 aromatic carbocycles. The molecule has 2 aromatic rings. The van der Waals surface area contributed by atoms with Gasteiger partial charge in [-0.25, -0.2) is 4.98 Å². The number of nitrogen functional groups attached to an aromatic ring is 1. The van der Waals surface area contributed by atoms with Gasteiger partial charge >= 0.3 is 0 Å². The van der Waals surface area contributed by atoms with E-state index >= 15 is 0 Å². The molecule has 88 valence electrons. The molecule has 0 bridgehead atoms. The van der Waals surface area contributed by atoms with Gasteiger partial charge in [0, 0.05) is 15.3 Å². The number of aryl methyl sites for hydroxylation is 1. The summed E-state index contributed by atoms with van der Waals surface area (Å²) in [5, 5.41) is 3.77. The monoisotopic (exact) mass is 360 g/mol. The van der Waals surface area contributed by atoms with Gasteiger partial charge in [0.25, 0.3) is 0 Å². The van der Waals surface area contributed by atoms with E-state index in [1.165, 1.54) is 0 Å². The standard InChI is InChI=1S/C11H10ClIN4/c1-6-4-10(17-11(14)15-6)16-9-5-7(13)2-3-8(9)12/h2-5H,1H3,(H3,14,15,16,17). The molecule has 0 aliphatic rings. The van der Waals surface area contributed by atoms with E-state index in [4.69, 9.17) is 17.3 Å². The summed E-state index contributed by atoms with van der Waals surface area (Å²) in [5.74, 6) is 0.883. The molecule has 0 aliphatic heterocycles. The lowest BCUT2D eigenvalue weighted by Crippen LogP contribution is -2.01. The fraction of sp³-hybridized carbons (Fsp3) is 0.0909. The summed E-state index contributed by atoms with van der Waals surface area (Å²) < 4.78 is 1.09. The van der Waals surface area contributed by atoms with Crippen LogP contribution >= 0.6 is 34.2 Å². The molecule has 1 aromatic heterocycles. The highest BCUT2D eigenvalue weighted by Gasteiger charge is 2.04. The Bertz CT molecular complexity index is 539. The minimum Gasteiger partial charge on any atom is -0.368 e. The first kappa shape index (κ1) is 12.4. The molecule has 0 saturated carbocycles. The summed E-state index contributed by atoms with van der Waals surface area (Å²) in [6.07, 6.45) is 0. The Morgan fingerprint density at radius 3 is 2.76 bits per heavy atom. The minimum absolute atomic E-state index is 0.245. The smallest absolute Gasteiger partial charge is 0.222 e. The lowest BCUT2D eigenvalue weighted by atomic mass is 10.3. The summed E-state index contributed by atoms with van der Waals surface area (Å²) in [4.78, 5) is 8.10. The molecule has 17 heavy (non-hydrogen) atoms. The molecule has 2 rings (SSSR count). The Labute approximate surface area is 118 Å². The predicted molar refractivity (Wildman–Crippen MR) is 78.6 cm³/mol. The summed E-state index contributed by atoms with van der Waals surface area (Å²) in [6.45, 7) is 1.86. The van der Waals surface area contributed by atoms with E-state index in [1.54, 1.807) is 0 Å². The maximum atomic E-state index is 6.09. The number of anilines is 3. The lowest BCUT2D eigenvalue weighted by molar-refractivity contribution is 1.12. The molecule has 0 unspecified atom stereocenters. The maximum Gasteiger partial charge on any atom is 0.222 e. The summed E-state index contributed by atoms with van der Waals surface area (Å²) in [5.41, 5.74) is 7.19. The number of rotatable bonds is 2. The van der Waals surface area contributed by atoms with Crippen molar-refractivity contribution in [2.24, 2.45) is 0 Å². The van der Waals surface area contributed by atoms with Crippen LogP contribution in [0.1, 0.15) is 5.69 Å². The molecule has 1 heterocycles. The van der Waals surface area contributed by atoms with Crippen molar-refractivity contribution in [1.29, 1.82) is 0 Å². The molecule has 4 nitrogen and oxygen atoms in total. The third-order valence-electron chi connectivity index (χ3n) is 2.06. The van der Waals surface area contributed by atoms with E-state index in [0.29, 0.717) is 10.8 Å². The van der Waals surface area contributed by atoms with Crippen molar-refractivity contribution in [3.63, 3.8) is 0 Å². The van der Waals surface area contributed by atoms with Gasteiger partial charge in [0.2, 0.25) is 5.95 Å². The molecule has 3 N–H and O–H groups in total. The number of nitrogens with one attached hydrogen (secondary N) is 1. The van der Waals surface area contributed by atoms with Gasteiger partial charge in [0.05, 0.1) is 10.7 Å². The highest BCUT2D eigenvalue weighted by atomic mass is 127. The summed E-state index contributed by atoms with van der Waals surface area (Å²) in [7, 11) is 0. The number of nitrogens with two attached hydrogens (primary N) is 1. The SMILES string of the molecule is Cc1cc(Nc2cc(I)ccc2Cl)nc(N)n1.